The number of morpholine rings is 1. The van der Waals surface area contributed by atoms with E-state index in [-0.39, 0.29) is 48.4 Å². The van der Waals surface area contributed by atoms with Crippen LogP contribution < -0.4 is 5.32 Å². The minimum Gasteiger partial charge on any atom is -0.481 e. The maximum absolute atomic E-state index is 15.0. The fourth-order valence-corrected chi connectivity index (χ4v) is 4.83. The van der Waals surface area contributed by atoms with Gasteiger partial charge in [-0.15, -0.1) is 0 Å². The Morgan fingerprint density at radius 3 is 2.77 bits per heavy atom. The fourth-order valence-electron chi connectivity index (χ4n) is 4.56. The Labute approximate surface area is 227 Å². The van der Waals surface area contributed by atoms with Gasteiger partial charge in [0, 0.05) is 48.8 Å². The van der Waals surface area contributed by atoms with Gasteiger partial charge in [-0.25, -0.2) is 22.9 Å². The van der Waals surface area contributed by atoms with Crippen molar-refractivity contribution in [3.8, 4) is 0 Å². The molecule has 2 aliphatic rings. The van der Waals surface area contributed by atoms with E-state index in [9.17, 15) is 14.0 Å². The Bertz CT molecular complexity index is 1310. The van der Waals surface area contributed by atoms with Crippen LogP contribution in [0.15, 0.2) is 46.9 Å². The molecule has 210 valence electrons. The van der Waals surface area contributed by atoms with Crippen LogP contribution in [-0.4, -0.2) is 82.2 Å². The third kappa shape index (κ3) is 6.26. The van der Waals surface area contributed by atoms with Crippen LogP contribution >= 0.6 is 11.6 Å². The molecule has 2 aliphatic heterocycles. The largest absolute Gasteiger partial charge is 0.481 e. The lowest BCUT2D eigenvalue weighted by Gasteiger charge is -2.40. The number of aryl methyl sites for hydroxylation is 1. The molecule has 1 fully saturated rings. The van der Waals surface area contributed by atoms with Crippen molar-refractivity contribution in [2.45, 2.75) is 31.4 Å². The van der Waals surface area contributed by atoms with Gasteiger partial charge in [-0.05, 0) is 19.1 Å². The summed E-state index contributed by atoms with van der Waals surface area (Å²) in [6.45, 7) is 1.16. The summed E-state index contributed by atoms with van der Waals surface area (Å²) in [5.74, 6) is -6.03. The number of imidazole rings is 1. The average molecular weight is 570 g/mol. The molecule has 3 heterocycles. The van der Waals surface area contributed by atoms with Crippen molar-refractivity contribution in [2.24, 2.45) is 12.0 Å². The van der Waals surface area contributed by atoms with E-state index >= 15 is 8.78 Å². The Morgan fingerprint density at radius 1 is 1.36 bits per heavy atom. The Balaban J connectivity index is 1.84. The van der Waals surface area contributed by atoms with Crippen molar-refractivity contribution in [2.75, 3.05) is 32.9 Å². The number of carboxylic acids is 1. The van der Waals surface area contributed by atoms with Crippen molar-refractivity contribution in [1.82, 2.24) is 19.8 Å². The Morgan fingerprint density at radius 2 is 2.13 bits per heavy atom. The Kier molecular flexibility index (Phi) is 8.62. The number of nitrogens with zero attached hydrogens (tertiary/aromatic N) is 4. The number of nitrogens with one attached hydrogen (secondary N) is 1. The summed E-state index contributed by atoms with van der Waals surface area (Å²) in [4.78, 5) is 34.8. The molecule has 2 atom stereocenters. The van der Waals surface area contributed by atoms with Crippen LogP contribution in [-0.2, 0) is 26.1 Å². The van der Waals surface area contributed by atoms with Gasteiger partial charge < -0.3 is 24.5 Å². The number of hydrogen-bond donors (Lipinski definition) is 2. The number of aromatic nitrogens is 2. The predicted octanol–water partition coefficient (Wildman–Crippen LogP) is 2.93. The number of benzene rings is 1. The van der Waals surface area contributed by atoms with Crippen LogP contribution in [0, 0.1) is 5.82 Å². The molecular formula is C25H27ClF3N5O5. The highest BCUT2D eigenvalue weighted by atomic mass is 35.5. The maximum atomic E-state index is 15.0. The van der Waals surface area contributed by atoms with Crippen molar-refractivity contribution in [3.05, 3.63) is 64.1 Å². The van der Waals surface area contributed by atoms with Gasteiger partial charge in [-0.2, -0.15) is 0 Å². The van der Waals surface area contributed by atoms with Gasteiger partial charge in [0.1, 0.15) is 18.3 Å². The number of halogens is 4. The molecule has 0 aliphatic carbocycles. The van der Waals surface area contributed by atoms with E-state index in [4.69, 9.17) is 26.2 Å². The summed E-state index contributed by atoms with van der Waals surface area (Å²) in [6, 6.07) is 0.985. The minimum absolute atomic E-state index is 0.00299. The zero-order valence-corrected chi connectivity index (χ0v) is 21.9. The highest BCUT2D eigenvalue weighted by molar-refractivity contribution is 6.31. The van der Waals surface area contributed by atoms with Crippen molar-refractivity contribution in [1.29, 1.82) is 0 Å². The van der Waals surface area contributed by atoms with Gasteiger partial charge in [-0.1, -0.05) is 17.7 Å². The quantitative estimate of drug-likeness (QED) is 0.443. The first kappa shape index (κ1) is 28.6. The molecular weight excluding hydrogens is 543 g/mol. The van der Waals surface area contributed by atoms with E-state index in [0.29, 0.717) is 11.4 Å². The molecule has 2 N–H and O–H groups in total. The molecule has 0 spiro atoms. The number of ether oxygens (including phenoxy) is 2. The number of hydrogen-bond acceptors (Lipinski definition) is 8. The average Bonchev–Trinajstić information content (AvgIpc) is 3.29. The molecule has 1 aromatic carbocycles. The molecule has 1 saturated heterocycles. The predicted molar refractivity (Wildman–Crippen MR) is 134 cm³/mol. The second kappa shape index (κ2) is 11.8. The lowest BCUT2D eigenvalue weighted by molar-refractivity contribution is -0.162. The van der Waals surface area contributed by atoms with Gasteiger partial charge >= 0.3 is 11.9 Å². The monoisotopic (exact) mass is 569 g/mol. The van der Waals surface area contributed by atoms with E-state index < -0.39 is 48.8 Å². The lowest BCUT2D eigenvalue weighted by Crippen LogP contribution is -2.57. The van der Waals surface area contributed by atoms with Crippen LogP contribution in [0.25, 0.3) is 0 Å². The normalized spacial score (nSPS) is 20.4. The van der Waals surface area contributed by atoms with Crippen LogP contribution in [0.2, 0.25) is 5.02 Å². The number of alkyl halides is 2. The van der Waals surface area contributed by atoms with Gasteiger partial charge in [0.25, 0.3) is 5.92 Å². The van der Waals surface area contributed by atoms with Crippen LogP contribution in [0.5, 0.6) is 0 Å². The van der Waals surface area contributed by atoms with Gasteiger partial charge in [-0.3, -0.25) is 14.7 Å². The number of esters is 1. The van der Waals surface area contributed by atoms with Crippen molar-refractivity contribution in [3.63, 3.8) is 0 Å². The molecule has 1 unspecified atom stereocenters. The maximum Gasteiger partial charge on any atom is 0.338 e. The topological polar surface area (TPSA) is 118 Å². The number of carbonyl (C=O) groups excluding carboxylic acids is 1. The molecule has 0 radical (unpaired) electrons. The molecule has 0 bridgehead atoms. The second-order valence-corrected chi connectivity index (χ2v) is 9.45. The van der Waals surface area contributed by atoms with E-state index in [2.05, 4.69) is 15.3 Å². The highest BCUT2D eigenvalue weighted by Crippen LogP contribution is 2.37. The number of rotatable bonds is 9. The molecule has 1 aromatic heterocycles. The minimum atomic E-state index is -3.62. The smallest absolute Gasteiger partial charge is 0.338 e. The molecule has 14 heteroatoms. The lowest BCUT2D eigenvalue weighted by atomic mass is 9.94. The van der Waals surface area contributed by atoms with Gasteiger partial charge in [0.2, 0.25) is 0 Å². The fraction of sp³-hybridized carbons (Fsp3) is 0.440. The first-order valence-corrected chi connectivity index (χ1v) is 12.5. The van der Waals surface area contributed by atoms with Crippen LogP contribution in [0.3, 0.4) is 0 Å². The summed E-state index contributed by atoms with van der Waals surface area (Å²) >= 11 is 6.38. The highest BCUT2D eigenvalue weighted by Gasteiger charge is 2.47. The van der Waals surface area contributed by atoms with Gasteiger partial charge in [0.15, 0.2) is 11.7 Å². The number of carbonyl (C=O) groups is 2. The molecule has 2 aromatic rings. The number of carboxylic acid groups (broad SMARTS) is 1. The zero-order valence-electron chi connectivity index (χ0n) is 21.2. The molecule has 0 amide bonds. The van der Waals surface area contributed by atoms with Crippen LogP contribution in [0.1, 0.15) is 30.8 Å². The number of aliphatic imine (C=N–C) groups is 1. The Hall–Kier alpha value is -3.42. The zero-order chi connectivity index (χ0) is 28.3. The first-order valence-electron chi connectivity index (χ1n) is 12.1. The van der Waals surface area contributed by atoms with Crippen molar-refractivity contribution >= 4 is 29.4 Å². The standard InChI is InChI=1S/C25H27ClF3N5O5/c1-3-39-24(37)20-17(12-34-8-9-38-13-18(34)25(28,29)11-19(35)36)31-22(23-30-6-7-33(23)2)32-21(20)15-5-4-14(27)10-16(15)26/h4-7,10,18,21H,3,8-9,11-13H2,1-2H3,(H,31,32)(H,35,36)/t18?,21-/m0/s1. The van der Waals surface area contributed by atoms with E-state index in [1.165, 1.54) is 23.2 Å². The third-order valence-electron chi connectivity index (χ3n) is 6.39. The van der Waals surface area contributed by atoms with Crippen LogP contribution in [0.4, 0.5) is 13.2 Å². The summed E-state index contributed by atoms with van der Waals surface area (Å²) in [5, 5.41) is 12.1. The summed E-state index contributed by atoms with van der Waals surface area (Å²) in [5.41, 5.74) is 0.474. The first-order chi connectivity index (χ1) is 18.5. The molecule has 0 saturated carbocycles. The van der Waals surface area contributed by atoms with Gasteiger partial charge in [0.05, 0.1) is 31.4 Å². The molecule has 10 nitrogen and oxygen atoms in total. The van der Waals surface area contributed by atoms with E-state index in [0.717, 1.165) is 6.07 Å². The number of amidine groups is 1. The third-order valence-corrected chi connectivity index (χ3v) is 6.71. The van der Waals surface area contributed by atoms with E-state index in [1.807, 2.05) is 0 Å². The number of aliphatic carboxylic acids is 1. The molecule has 4 rings (SSSR count). The summed E-state index contributed by atoms with van der Waals surface area (Å²) in [6.07, 6.45) is 1.82. The van der Waals surface area contributed by atoms with Crippen molar-refractivity contribution < 1.29 is 37.3 Å². The summed E-state index contributed by atoms with van der Waals surface area (Å²) < 4.78 is 56.1. The molecule has 39 heavy (non-hydrogen) atoms. The second-order valence-electron chi connectivity index (χ2n) is 9.04. The van der Waals surface area contributed by atoms with E-state index in [1.54, 1.807) is 24.7 Å². The SMILES string of the molecule is CCOC(=O)C1=C(CN2CCOCC2C(F)(F)CC(=O)O)NC(c2nccn2C)=N[C@H]1c1ccc(F)cc1Cl. The summed E-state index contributed by atoms with van der Waals surface area (Å²) in [7, 11) is 1.72.